The molecule has 1 N–H and O–H groups in total. The molecule has 1 unspecified atom stereocenters. The van der Waals surface area contributed by atoms with Gasteiger partial charge in [0.1, 0.15) is 0 Å². The second-order valence-corrected chi connectivity index (χ2v) is 4.64. The van der Waals surface area contributed by atoms with E-state index in [9.17, 15) is 0 Å². The zero-order valence-corrected chi connectivity index (χ0v) is 9.83. The molecule has 0 aromatic carbocycles. The Morgan fingerprint density at radius 2 is 2.13 bits per heavy atom. The summed E-state index contributed by atoms with van der Waals surface area (Å²) in [5.41, 5.74) is 0. The standard InChI is InChI=1S/C12H22N2O/c1-10(2)14-12(9-13)6-8-15-7-5-11-3-4-11/h10-12,14H,3-8H2,1-2H3. The van der Waals surface area contributed by atoms with Crippen molar-refractivity contribution >= 4 is 0 Å². The second kappa shape index (κ2) is 6.81. The predicted octanol–water partition coefficient (Wildman–Crippen LogP) is 2.08. The third-order valence-electron chi connectivity index (χ3n) is 2.61. The van der Waals surface area contributed by atoms with Gasteiger partial charge in [0.2, 0.25) is 0 Å². The van der Waals surface area contributed by atoms with Crippen molar-refractivity contribution in [3.63, 3.8) is 0 Å². The molecule has 0 spiro atoms. The van der Waals surface area contributed by atoms with Crippen molar-refractivity contribution in [3.05, 3.63) is 0 Å². The number of nitriles is 1. The van der Waals surface area contributed by atoms with Gasteiger partial charge in [-0.05, 0) is 32.6 Å². The first-order valence-electron chi connectivity index (χ1n) is 5.95. The molecule has 1 atom stereocenters. The van der Waals surface area contributed by atoms with E-state index < -0.39 is 0 Å². The first-order chi connectivity index (χ1) is 7.22. The normalized spacial score (nSPS) is 17.7. The molecule has 1 rings (SSSR count). The number of nitrogens with one attached hydrogen (secondary N) is 1. The summed E-state index contributed by atoms with van der Waals surface area (Å²) in [6, 6.07) is 2.55. The van der Waals surface area contributed by atoms with Crippen LogP contribution in [0.5, 0.6) is 0 Å². The van der Waals surface area contributed by atoms with E-state index in [2.05, 4.69) is 25.2 Å². The SMILES string of the molecule is CC(C)NC(C#N)CCOCCC1CC1. The van der Waals surface area contributed by atoms with Crippen LogP contribution in [0.1, 0.15) is 39.5 Å². The van der Waals surface area contributed by atoms with Gasteiger partial charge in [-0.3, -0.25) is 5.32 Å². The number of ether oxygens (including phenoxy) is 1. The van der Waals surface area contributed by atoms with Crippen LogP contribution in [0.3, 0.4) is 0 Å². The Hall–Kier alpha value is -0.590. The number of nitrogens with zero attached hydrogens (tertiary/aromatic N) is 1. The van der Waals surface area contributed by atoms with E-state index in [1.165, 1.54) is 19.3 Å². The third kappa shape index (κ3) is 6.48. The van der Waals surface area contributed by atoms with Crippen LogP contribution in [-0.4, -0.2) is 25.3 Å². The van der Waals surface area contributed by atoms with Gasteiger partial charge in [0, 0.05) is 19.3 Å². The summed E-state index contributed by atoms with van der Waals surface area (Å²) < 4.78 is 5.51. The third-order valence-corrected chi connectivity index (χ3v) is 2.61. The van der Waals surface area contributed by atoms with Crippen molar-refractivity contribution in [2.24, 2.45) is 5.92 Å². The van der Waals surface area contributed by atoms with E-state index in [1.54, 1.807) is 0 Å². The number of hydrogen-bond donors (Lipinski definition) is 1. The summed E-state index contributed by atoms with van der Waals surface area (Å²) in [5.74, 6) is 0.936. The average Bonchev–Trinajstić information content (AvgIpc) is 2.98. The molecule has 1 saturated carbocycles. The maximum absolute atomic E-state index is 8.86. The lowest BCUT2D eigenvalue weighted by atomic mass is 10.2. The van der Waals surface area contributed by atoms with Crippen LogP contribution in [0.4, 0.5) is 0 Å². The first kappa shape index (κ1) is 12.5. The van der Waals surface area contributed by atoms with Crippen LogP contribution >= 0.6 is 0 Å². The fourth-order valence-corrected chi connectivity index (χ4v) is 1.55. The molecule has 1 aliphatic carbocycles. The van der Waals surface area contributed by atoms with Gasteiger partial charge in [0.05, 0.1) is 12.1 Å². The molecule has 86 valence electrons. The Balaban J connectivity index is 1.93. The van der Waals surface area contributed by atoms with Crippen LogP contribution in [-0.2, 0) is 4.74 Å². The molecular formula is C12H22N2O. The van der Waals surface area contributed by atoms with Crippen LogP contribution in [0, 0.1) is 17.2 Å². The molecule has 15 heavy (non-hydrogen) atoms. The lowest BCUT2D eigenvalue weighted by Gasteiger charge is -2.14. The monoisotopic (exact) mass is 210 g/mol. The Labute approximate surface area is 92.8 Å². The highest BCUT2D eigenvalue weighted by molar-refractivity contribution is 4.90. The molecule has 0 radical (unpaired) electrons. The highest BCUT2D eigenvalue weighted by Gasteiger charge is 2.20. The fourth-order valence-electron chi connectivity index (χ4n) is 1.55. The number of hydrogen-bond acceptors (Lipinski definition) is 3. The Morgan fingerprint density at radius 3 is 2.67 bits per heavy atom. The van der Waals surface area contributed by atoms with Crippen molar-refractivity contribution in [3.8, 4) is 6.07 Å². The summed E-state index contributed by atoms with van der Waals surface area (Å²) in [4.78, 5) is 0. The molecule has 1 fully saturated rings. The van der Waals surface area contributed by atoms with Gasteiger partial charge in [-0.1, -0.05) is 12.8 Å². The van der Waals surface area contributed by atoms with Crippen LogP contribution in [0.25, 0.3) is 0 Å². The zero-order chi connectivity index (χ0) is 11.1. The summed E-state index contributed by atoms with van der Waals surface area (Å²) in [6.45, 7) is 5.67. The molecule has 3 nitrogen and oxygen atoms in total. The molecule has 0 bridgehead atoms. The molecule has 0 aromatic heterocycles. The second-order valence-electron chi connectivity index (χ2n) is 4.64. The lowest BCUT2D eigenvalue weighted by Crippen LogP contribution is -2.34. The summed E-state index contributed by atoms with van der Waals surface area (Å²) in [7, 11) is 0. The minimum absolute atomic E-state index is 0.0640. The van der Waals surface area contributed by atoms with Gasteiger partial charge in [-0.2, -0.15) is 5.26 Å². The zero-order valence-electron chi connectivity index (χ0n) is 9.83. The molecule has 1 aliphatic rings. The average molecular weight is 210 g/mol. The highest BCUT2D eigenvalue weighted by Crippen LogP contribution is 2.32. The van der Waals surface area contributed by atoms with Crippen molar-refractivity contribution < 1.29 is 4.74 Å². The Bertz CT molecular complexity index is 206. The van der Waals surface area contributed by atoms with Crippen molar-refractivity contribution in [2.75, 3.05) is 13.2 Å². The quantitative estimate of drug-likeness (QED) is 0.624. The van der Waals surface area contributed by atoms with Gasteiger partial charge in [0.15, 0.2) is 0 Å². The van der Waals surface area contributed by atoms with Gasteiger partial charge < -0.3 is 4.74 Å². The van der Waals surface area contributed by atoms with E-state index in [4.69, 9.17) is 10.00 Å². The van der Waals surface area contributed by atoms with Gasteiger partial charge >= 0.3 is 0 Å². The highest BCUT2D eigenvalue weighted by atomic mass is 16.5. The first-order valence-corrected chi connectivity index (χ1v) is 5.95. The molecule has 0 aromatic rings. The molecule has 0 saturated heterocycles. The van der Waals surface area contributed by atoms with Crippen LogP contribution in [0.2, 0.25) is 0 Å². The van der Waals surface area contributed by atoms with E-state index in [-0.39, 0.29) is 6.04 Å². The molecule has 3 heteroatoms. The van der Waals surface area contributed by atoms with E-state index in [1.807, 2.05) is 0 Å². The molecule has 0 heterocycles. The summed E-state index contributed by atoms with van der Waals surface area (Å²) in [5, 5.41) is 12.1. The van der Waals surface area contributed by atoms with Gasteiger partial charge in [-0.15, -0.1) is 0 Å². The van der Waals surface area contributed by atoms with E-state index >= 15 is 0 Å². The minimum atomic E-state index is -0.0640. The summed E-state index contributed by atoms with van der Waals surface area (Å²) >= 11 is 0. The molecule has 0 aliphatic heterocycles. The topological polar surface area (TPSA) is 45.0 Å². The lowest BCUT2D eigenvalue weighted by molar-refractivity contribution is 0.121. The Kier molecular flexibility index (Phi) is 5.67. The molecular weight excluding hydrogens is 188 g/mol. The van der Waals surface area contributed by atoms with Crippen LogP contribution in [0.15, 0.2) is 0 Å². The smallest absolute Gasteiger partial charge is 0.0976 e. The summed E-state index contributed by atoms with van der Waals surface area (Å²) in [6.07, 6.45) is 4.77. The largest absolute Gasteiger partial charge is 0.381 e. The van der Waals surface area contributed by atoms with Gasteiger partial charge in [0.25, 0.3) is 0 Å². The van der Waals surface area contributed by atoms with Crippen molar-refractivity contribution in [1.29, 1.82) is 5.26 Å². The minimum Gasteiger partial charge on any atom is -0.381 e. The maximum Gasteiger partial charge on any atom is 0.0976 e. The fraction of sp³-hybridized carbons (Fsp3) is 0.917. The van der Waals surface area contributed by atoms with E-state index in [0.717, 1.165) is 18.9 Å². The molecule has 0 amide bonds. The van der Waals surface area contributed by atoms with Crippen molar-refractivity contribution in [2.45, 2.75) is 51.6 Å². The van der Waals surface area contributed by atoms with Gasteiger partial charge in [-0.25, -0.2) is 0 Å². The predicted molar refractivity (Wildman–Crippen MR) is 60.4 cm³/mol. The number of rotatable bonds is 8. The maximum atomic E-state index is 8.86. The van der Waals surface area contributed by atoms with E-state index in [0.29, 0.717) is 12.6 Å². The van der Waals surface area contributed by atoms with Crippen molar-refractivity contribution in [1.82, 2.24) is 5.32 Å². The van der Waals surface area contributed by atoms with Crippen LogP contribution < -0.4 is 5.32 Å². The Morgan fingerprint density at radius 1 is 1.40 bits per heavy atom.